The van der Waals surface area contributed by atoms with Gasteiger partial charge in [-0.3, -0.25) is 29.0 Å². The number of rotatable bonds is 13. The van der Waals surface area contributed by atoms with Crippen LogP contribution in [0.15, 0.2) is 88.8 Å². The number of pyridine rings is 2. The number of halogens is 1. The zero-order chi connectivity index (χ0) is 40.3. The largest absolute Gasteiger partial charge is 0.494 e. The first-order valence-electron chi connectivity index (χ1n) is 19.3. The van der Waals surface area contributed by atoms with Crippen molar-refractivity contribution < 1.29 is 14.3 Å². The smallest absolute Gasteiger partial charge is 0.332 e. The van der Waals surface area contributed by atoms with Crippen molar-refractivity contribution >= 4 is 34.2 Å². The third-order valence-corrected chi connectivity index (χ3v) is 11.6. The number of benzene rings is 2. The van der Waals surface area contributed by atoms with Crippen LogP contribution >= 0.6 is 11.6 Å². The van der Waals surface area contributed by atoms with Crippen molar-refractivity contribution in [2.24, 2.45) is 10.8 Å². The first kappa shape index (κ1) is 39.5. The van der Waals surface area contributed by atoms with Crippen molar-refractivity contribution in [1.29, 1.82) is 5.26 Å². The number of nitrogens with one attached hydrogen (secondary N) is 2. The van der Waals surface area contributed by atoms with Gasteiger partial charge in [0.2, 0.25) is 0 Å². The molecule has 296 valence electrons. The molecule has 0 atom stereocenters. The van der Waals surface area contributed by atoms with Crippen LogP contribution in [-0.2, 0) is 0 Å². The van der Waals surface area contributed by atoms with Gasteiger partial charge in [-0.2, -0.15) is 5.26 Å². The number of unbranched alkanes of at least 4 members (excludes halogenated alkanes) is 2. The Labute approximate surface area is 336 Å². The molecule has 2 N–H and O–H groups in total. The van der Waals surface area contributed by atoms with Crippen LogP contribution in [0.5, 0.6) is 11.5 Å². The van der Waals surface area contributed by atoms with E-state index in [1.54, 1.807) is 30.6 Å². The molecular formula is C43H47ClN8O5. The zero-order valence-electron chi connectivity index (χ0n) is 32.6. The molecule has 1 saturated heterocycles. The minimum Gasteiger partial charge on any atom is -0.494 e. The van der Waals surface area contributed by atoms with E-state index >= 15 is 0 Å². The summed E-state index contributed by atoms with van der Waals surface area (Å²) in [5, 5.41) is 13.6. The lowest BCUT2D eigenvalue weighted by Gasteiger charge is -2.63. The maximum atomic E-state index is 13.4. The maximum absolute atomic E-state index is 13.4. The molecule has 13 nitrogen and oxygen atoms in total. The van der Waals surface area contributed by atoms with Crippen LogP contribution in [0.4, 0.5) is 5.82 Å². The summed E-state index contributed by atoms with van der Waals surface area (Å²) in [5.74, 6) is 2.04. The number of ether oxygens (including phenoxy) is 2. The van der Waals surface area contributed by atoms with E-state index in [1.807, 2.05) is 36.4 Å². The Hall–Kier alpha value is -5.71. The number of piperazine rings is 1. The van der Waals surface area contributed by atoms with Gasteiger partial charge in [-0.1, -0.05) is 39.3 Å². The molecule has 57 heavy (non-hydrogen) atoms. The number of nitriles is 1. The Kier molecular flexibility index (Phi) is 11.4. The average Bonchev–Trinajstić information content (AvgIpc) is 3.20. The number of aromatic amines is 1. The summed E-state index contributed by atoms with van der Waals surface area (Å²) in [4.78, 5) is 53.2. The average molecular weight is 791 g/mol. The molecule has 1 amide bonds. The van der Waals surface area contributed by atoms with Gasteiger partial charge >= 0.3 is 5.69 Å². The van der Waals surface area contributed by atoms with Gasteiger partial charge < -0.3 is 19.7 Å². The maximum Gasteiger partial charge on any atom is 0.332 e. The highest BCUT2D eigenvalue weighted by Gasteiger charge is 2.64. The molecule has 1 aliphatic carbocycles. The van der Waals surface area contributed by atoms with Gasteiger partial charge in [0.1, 0.15) is 29.5 Å². The Morgan fingerprint density at radius 3 is 2.40 bits per heavy atom. The van der Waals surface area contributed by atoms with Crippen molar-refractivity contribution in [1.82, 2.24) is 29.7 Å². The van der Waals surface area contributed by atoms with Crippen molar-refractivity contribution in [3.05, 3.63) is 116 Å². The van der Waals surface area contributed by atoms with Gasteiger partial charge in [-0.25, -0.2) is 9.78 Å². The molecule has 2 fully saturated rings. The molecule has 7 rings (SSSR count). The molecule has 5 aromatic rings. The molecule has 1 aliphatic heterocycles. The summed E-state index contributed by atoms with van der Waals surface area (Å²) >= 11 is 6.24. The molecule has 3 aromatic heterocycles. The van der Waals surface area contributed by atoms with Crippen LogP contribution in [0.3, 0.4) is 0 Å². The fourth-order valence-electron chi connectivity index (χ4n) is 8.46. The molecule has 0 bridgehead atoms. The van der Waals surface area contributed by atoms with Crippen molar-refractivity contribution in [3.63, 3.8) is 0 Å². The second-order valence-electron chi connectivity index (χ2n) is 16.0. The Morgan fingerprint density at radius 1 is 0.930 bits per heavy atom. The van der Waals surface area contributed by atoms with Crippen LogP contribution in [-0.4, -0.2) is 81.8 Å². The third-order valence-electron chi connectivity index (χ3n) is 11.3. The number of carbonyl (C=O) groups is 1. The minimum atomic E-state index is -0.516. The fraction of sp³-hybridized carbons (Fsp3) is 0.395. The number of carbonyl (C=O) groups excluding carboxylic acids is 1. The normalized spacial score (nSPS) is 18.7. The fourth-order valence-corrected chi connectivity index (χ4v) is 8.68. The molecule has 14 heteroatoms. The summed E-state index contributed by atoms with van der Waals surface area (Å²) in [5.41, 5.74) is 0.582. The van der Waals surface area contributed by atoms with E-state index in [9.17, 15) is 19.6 Å². The number of H-pyrrole nitrogens is 1. The van der Waals surface area contributed by atoms with Crippen molar-refractivity contribution in [3.8, 4) is 23.3 Å². The number of fused-ring (bicyclic) bond motifs is 1. The summed E-state index contributed by atoms with van der Waals surface area (Å²) in [6.07, 6.45) is 7.58. The van der Waals surface area contributed by atoms with Gasteiger partial charge in [-0.15, -0.1) is 0 Å². The highest BCUT2D eigenvalue weighted by atomic mass is 35.5. The first-order valence-corrected chi connectivity index (χ1v) is 19.7. The number of amides is 1. The first-order chi connectivity index (χ1) is 27.3. The summed E-state index contributed by atoms with van der Waals surface area (Å²) in [6.45, 7) is 13.6. The van der Waals surface area contributed by atoms with E-state index in [1.165, 1.54) is 16.8 Å². The van der Waals surface area contributed by atoms with E-state index in [-0.39, 0.29) is 28.9 Å². The number of aromatic nitrogens is 4. The molecule has 4 heterocycles. The second kappa shape index (κ2) is 16.4. The Balaban J connectivity index is 0.819. The highest BCUT2D eigenvalue weighted by molar-refractivity contribution is 6.31. The molecule has 2 aliphatic rings. The van der Waals surface area contributed by atoms with E-state index in [2.05, 4.69) is 63.8 Å². The second-order valence-corrected chi connectivity index (χ2v) is 16.4. The molecular weight excluding hydrogens is 744 g/mol. The predicted molar refractivity (Wildman–Crippen MR) is 220 cm³/mol. The minimum absolute atomic E-state index is 0.139. The monoisotopic (exact) mass is 790 g/mol. The van der Waals surface area contributed by atoms with Crippen LogP contribution in [0.1, 0.15) is 62.9 Å². The standard InChI is InChI=1S/C43H47ClN8O5/c1-42(2)39(43(3,4)40(42)57-33-10-8-28(25-45)34(44)24-33)49-38(54)29-9-13-36(47-26-29)51-19-17-50(18-20-51)15-6-5-7-21-56-32-11-12-35-30(23-32)22-31(27-46-35)52-16-14-37(53)48-41(52)55/h8-14,16,22-24,26-27,39-40H,5-7,15,17-21H2,1-4H3,(H,49,54)(H,48,53,55). The van der Waals surface area contributed by atoms with Gasteiger partial charge in [0, 0.05) is 73.0 Å². The molecule has 0 spiro atoms. The topological polar surface area (TPSA) is 158 Å². The predicted octanol–water partition coefficient (Wildman–Crippen LogP) is 5.98. The number of nitrogens with zero attached hydrogens (tertiary/aromatic N) is 6. The van der Waals surface area contributed by atoms with Crippen LogP contribution in [0, 0.1) is 22.2 Å². The zero-order valence-corrected chi connectivity index (χ0v) is 33.4. The van der Waals surface area contributed by atoms with Gasteiger partial charge in [0.05, 0.1) is 40.2 Å². The van der Waals surface area contributed by atoms with Crippen molar-refractivity contribution in [2.45, 2.75) is 59.1 Å². The van der Waals surface area contributed by atoms with Gasteiger partial charge in [0.25, 0.3) is 11.5 Å². The van der Waals surface area contributed by atoms with Gasteiger partial charge in [0.15, 0.2) is 0 Å². The lowest BCUT2D eigenvalue weighted by molar-refractivity contribution is -0.164. The van der Waals surface area contributed by atoms with E-state index < -0.39 is 11.2 Å². The van der Waals surface area contributed by atoms with E-state index in [0.29, 0.717) is 34.2 Å². The lowest BCUT2D eigenvalue weighted by atomic mass is 9.49. The quantitative estimate of drug-likeness (QED) is 0.136. The summed E-state index contributed by atoms with van der Waals surface area (Å²) in [7, 11) is 0. The van der Waals surface area contributed by atoms with Crippen LogP contribution < -0.4 is 30.9 Å². The van der Waals surface area contributed by atoms with Gasteiger partial charge in [-0.05, 0) is 74.3 Å². The van der Waals surface area contributed by atoms with E-state index in [4.69, 9.17) is 21.1 Å². The SMILES string of the molecule is CC1(C)C(NC(=O)c2ccc(N3CCN(CCCCCOc4ccc5ncc(-n6ccc(=O)[nH]c6=O)cc5c4)CC3)nc2)C(C)(C)C1Oc1ccc(C#N)c(Cl)c1. The summed E-state index contributed by atoms with van der Waals surface area (Å²) in [6, 6.07) is 19.6. The Morgan fingerprint density at radius 2 is 1.70 bits per heavy atom. The molecule has 0 unspecified atom stereocenters. The van der Waals surface area contributed by atoms with Crippen LogP contribution in [0.25, 0.3) is 16.6 Å². The Bertz CT molecular complexity index is 2400. The van der Waals surface area contributed by atoms with Crippen LogP contribution in [0.2, 0.25) is 5.02 Å². The van der Waals surface area contributed by atoms with Crippen molar-refractivity contribution in [2.75, 3.05) is 44.2 Å². The number of hydrogen-bond donors (Lipinski definition) is 2. The molecule has 1 saturated carbocycles. The highest BCUT2D eigenvalue weighted by Crippen LogP contribution is 2.55. The number of hydrogen-bond acceptors (Lipinski definition) is 10. The summed E-state index contributed by atoms with van der Waals surface area (Å²) < 4.78 is 13.8. The lowest BCUT2D eigenvalue weighted by Crippen LogP contribution is -2.74. The molecule has 2 aromatic carbocycles. The third kappa shape index (κ3) is 8.52. The van der Waals surface area contributed by atoms with E-state index in [0.717, 1.165) is 74.5 Å². The molecule has 0 radical (unpaired) electrons. The number of anilines is 1.